The van der Waals surface area contributed by atoms with E-state index in [4.69, 9.17) is 0 Å². The molecule has 236 valence electrons. The van der Waals surface area contributed by atoms with E-state index in [2.05, 4.69) is 15.1 Å². The van der Waals surface area contributed by atoms with Crippen LogP contribution in [-0.2, 0) is 0 Å². The van der Waals surface area contributed by atoms with Crippen molar-refractivity contribution in [2.45, 2.75) is 38.5 Å². The van der Waals surface area contributed by atoms with E-state index in [0.717, 1.165) is 52.0 Å². The Bertz CT molecular complexity index is 1760. The number of benzene rings is 3. The van der Waals surface area contributed by atoms with Crippen LogP contribution in [0.5, 0.6) is 5.75 Å². The summed E-state index contributed by atoms with van der Waals surface area (Å²) in [7, 11) is 1.93. The van der Waals surface area contributed by atoms with Crippen molar-refractivity contribution in [3.63, 3.8) is 0 Å². The maximum Gasteiger partial charge on any atom is 0.274 e. The number of rotatable bonds is 6. The van der Waals surface area contributed by atoms with Gasteiger partial charge in [-0.25, -0.2) is 0 Å². The zero-order valence-electron chi connectivity index (χ0n) is 26.4. The number of carbonyl (C=O) groups is 2. The number of phenols is 1. The molecule has 46 heavy (non-hydrogen) atoms. The summed E-state index contributed by atoms with van der Waals surface area (Å²) < 4.78 is 0. The quantitative estimate of drug-likeness (QED) is 0.276. The van der Waals surface area contributed by atoms with Gasteiger partial charge in [0.2, 0.25) is 0 Å². The molecule has 8 heteroatoms. The molecular weight excluding hydrogens is 574 g/mol. The number of piperazine rings is 1. The number of amides is 2. The van der Waals surface area contributed by atoms with E-state index in [0.29, 0.717) is 42.9 Å². The van der Waals surface area contributed by atoms with Gasteiger partial charge in [-0.2, -0.15) is 0 Å². The molecule has 1 N–H and O–H groups in total. The van der Waals surface area contributed by atoms with Gasteiger partial charge in [-0.15, -0.1) is 10.2 Å². The Balaban J connectivity index is 0.912. The van der Waals surface area contributed by atoms with Gasteiger partial charge < -0.3 is 19.8 Å². The Morgan fingerprint density at radius 1 is 0.826 bits per heavy atom. The van der Waals surface area contributed by atoms with Gasteiger partial charge in [0.15, 0.2) is 11.5 Å². The molecule has 2 heterocycles. The first-order chi connectivity index (χ1) is 22.3. The average Bonchev–Trinajstić information content (AvgIpc) is 3.06. The largest absolute Gasteiger partial charge is 0.508 e. The fraction of sp³-hybridized carbons (Fsp3) is 0.421. The highest BCUT2D eigenvalue weighted by molar-refractivity contribution is 6.11. The van der Waals surface area contributed by atoms with Gasteiger partial charge in [-0.05, 0) is 114 Å². The number of anilines is 1. The van der Waals surface area contributed by atoms with Crippen molar-refractivity contribution >= 4 is 28.4 Å². The summed E-state index contributed by atoms with van der Waals surface area (Å²) in [5.74, 6) is 3.49. The molecule has 4 aromatic rings. The highest BCUT2D eigenvalue weighted by Gasteiger charge is 2.51. The van der Waals surface area contributed by atoms with Crippen LogP contribution in [-0.4, -0.2) is 76.7 Å². The van der Waals surface area contributed by atoms with Crippen LogP contribution in [0.2, 0.25) is 0 Å². The van der Waals surface area contributed by atoms with Crippen molar-refractivity contribution in [2.75, 3.05) is 44.7 Å². The average molecular weight is 616 g/mol. The van der Waals surface area contributed by atoms with Crippen LogP contribution >= 0.6 is 0 Å². The van der Waals surface area contributed by atoms with Gasteiger partial charge in [0.05, 0.1) is 0 Å². The highest BCUT2D eigenvalue weighted by Crippen LogP contribution is 2.60. The summed E-state index contributed by atoms with van der Waals surface area (Å²) >= 11 is 0. The highest BCUT2D eigenvalue weighted by atomic mass is 16.3. The Hall–Kier alpha value is -4.46. The van der Waals surface area contributed by atoms with Crippen LogP contribution < -0.4 is 4.90 Å². The zero-order valence-corrected chi connectivity index (χ0v) is 26.4. The fourth-order valence-corrected chi connectivity index (χ4v) is 9.58. The van der Waals surface area contributed by atoms with Crippen molar-refractivity contribution in [1.29, 1.82) is 0 Å². The van der Waals surface area contributed by atoms with E-state index in [-0.39, 0.29) is 17.6 Å². The Kier molecular flexibility index (Phi) is 7.19. The Morgan fingerprint density at radius 2 is 1.52 bits per heavy atom. The van der Waals surface area contributed by atoms with Crippen molar-refractivity contribution in [2.24, 2.45) is 23.2 Å². The van der Waals surface area contributed by atoms with Crippen molar-refractivity contribution in [3.05, 3.63) is 84.1 Å². The molecule has 4 aliphatic carbocycles. The Labute approximate surface area is 270 Å². The van der Waals surface area contributed by atoms with Gasteiger partial charge >= 0.3 is 0 Å². The summed E-state index contributed by atoms with van der Waals surface area (Å²) in [6.45, 7) is 3.23. The van der Waals surface area contributed by atoms with Crippen molar-refractivity contribution in [3.8, 4) is 16.9 Å². The molecule has 5 fully saturated rings. The second-order valence-electron chi connectivity index (χ2n) is 14.4. The van der Waals surface area contributed by atoms with E-state index in [1.165, 1.54) is 38.5 Å². The first-order valence-corrected chi connectivity index (χ1v) is 16.8. The lowest BCUT2D eigenvalue weighted by molar-refractivity contribution is -0.0629. The Morgan fingerprint density at radius 3 is 2.17 bits per heavy atom. The first-order valence-electron chi connectivity index (χ1n) is 16.8. The molecule has 8 nitrogen and oxygen atoms in total. The second kappa shape index (κ2) is 11.4. The third kappa shape index (κ3) is 5.27. The molecule has 0 atom stereocenters. The lowest BCUT2D eigenvalue weighted by Gasteiger charge is -2.57. The number of aromatic nitrogens is 2. The van der Waals surface area contributed by atoms with E-state index in [9.17, 15) is 14.7 Å². The molecule has 2 amide bonds. The third-order valence-electron chi connectivity index (χ3n) is 11.2. The van der Waals surface area contributed by atoms with Gasteiger partial charge in [-0.1, -0.05) is 42.5 Å². The maximum absolute atomic E-state index is 13.8. The van der Waals surface area contributed by atoms with Crippen molar-refractivity contribution in [1.82, 2.24) is 20.0 Å². The maximum atomic E-state index is 13.8. The molecule has 5 aliphatic rings. The van der Waals surface area contributed by atoms with Gasteiger partial charge in [0, 0.05) is 45.3 Å². The summed E-state index contributed by atoms with van der Waals surface area (Å²) in [6.07, 6.45) is 8.02. The summed E-state index contributed by atoms with van der Waals surface area (Å²) in [4.78, 5) is 33.1. The minimum atomic E-state index is -0.0486. The van der Waals surface area contributed by atoms with Crippen LogP contribution in [0, 0.1) is 23.2 Å². The van der Waals surface area contributed by atoms with Gasteiger partial charge in [0.25, 0.3) is 11.8 Å². The molecule has 0 radical (unpaired) electrons. The lowest BCUT2D eigenvalue weighted by Crippen LogP contribution is -2.51. The number of hydrogen-bond acceptors (Lipinski definition) is 6. The monoisotopic (exact) mass is 615 g/mol. The molecule has 9 rings (SSSR count). The topological polar surface area (TPSA) is 89.9 Å². The SMILES string of the molecule is CN(CC12CC3CC(CC(C3)C1)C2)C(=O)c1ccc(N2CCN(C(=O)c3ccc(-c4cccc(O)c4)c4ccccc34)CC2)nn1. The molecule has 1 saturated heterocycles. The predicted octanol–water partition coefficient (Wildman–Crippen LogP) is 6.25. The molecular formula is C38H41N5O3. The van der Waals surface area contributed by atoms with Crippen LogP contribution in [0.3, 0.4) is 0 Å². The summed E-state index contributed by atoms with van der Waals surface area (Å²) in [5.41, 5.74) is 3.25. The predicted molar refractivity (Wildman–Crippen MR) is 179 cm³/mol. The van der Waals surface area contributed by atoms with Crippen molar-refractivity contribution < 1.29 is 14.7 Å². The smallest absolute Gasteiger partial charge is 0.274 e. The van der Waals surface area contributed by atoms with Crippen LogP contribution in [0.1, 0.15) is 59.4 Å². The molecule has 0 unspecified atom stereocenters. The number of phenolic OH excluding ortho intramolecular Hbond substituents is 1. The standard InChI is InChI=1S/C38H41N5O3/c1-41(24-38-21-25-17-26(22-38)19-27(18-25)23-38)37(46)34-11-12-35(40-39-34)42-13-15-43(16-14-42)36(45)33-10-9-30(28-5-4-6-29(44)20-28)31-7-2-3-8-32(31)33/h2-12,20,25-27,44H,13-19,21-24H2,1H3. The minimum absolute atomic E-state index is 0.00685. The van der Waals surface area contributed by atoms with E-state index >= 15 is 0 Å². The van der Waals surface area contributed by atoms with Crippen LogP contribution in [0.25, 0.3) is 21.9 Å². The second-order valence-corrected chi connectivity index (χ2v) is 14.4. The third-order valence-corrected chi connectivity index (χ3v) is 11.2. The van der Waals surface area contributed by atoms with Crippen LogP contribution in [0.4, 0.5) is 5.82 Å². The van der Waals surface area contributed by atoms with Gasteiger partial charge in [0.1, 0.15) is 5.75 Å². The van der Waals surface area contributed by atoms with Crippen LogP contribution in [0.15, 0.2) is 72.8 Å². The normalized spacial score (nSPS) is 25.2. The summed E-state index contributed by atoms with van der Waals surface area (Å²) in [5, 5.41) is 20.7. The molecule has 1 aromatic heterocycles. The van der Waals surface area contributed by atoms with E-state index < -0.39 is 0 Å². The molecule has 3 aromatic carbocycles. The van der Waals surface area contributed by atoms with E-state index in [1.54, 1.807) is 18.2 Å². The number of aromatic hydroxyl groups is 1. The minimum Gasteiger partial charge on any atom is -0.508 e. The zero-order chi connectivity index (χ0) is 31.4. The number of carbonyl (C=O) groups excluding carboxylic acids is 2. The first kappa shape index (κ1) is 29.0. The molecule has 1 aliphatic heterocycles. The van der Waals surface area contributed by atoms with Gasteiger partial charge in [-0.3, -0.25) is 9.59 Å². The molecule has 0 spiro atoms. The number of nitrogens with zero attached hydrogens (tertiary/aromatic N) is 5. The fourth-order valence-electron chi connectivity index (χ4n) is 9.58. The lowest BCUT2D eigenvalue weighted by atomic mass is 9.49. The molecule has 4 bridgehead atoms. The molecule has 4 saturated carbocycles. The number of fused-ring (bicyclic) bond motifs is 1. The van der Waals surface area contributed by atoms with E-state index in [1.807, 2.05) is 71.4 Å². The summed E-state index contributed by atoms with van der Waals surface area (Å²) in [6, 6.07) is 22.7. The number of hydrogen-bond donors (Lipinski definition) is 1.